The van der Waals surface area contributed by atoms with Crippen molar-refractivity contribution >= 4 is 39.0 Å². The first-order valence-electron chi connectivity index (χ1n) is 6.03. The maximum absolute atomic E-state index is 13.9. The third-order valence-electron chi connectivity index (χ3n) is 3.29. The number of hydrogen-bond donors (Lipinski definition) is 1. The molecule has 0 saturated carbocycles. The summed E-state index contributed by atoms with van der Waals surface area (Å²) in [5, 5.41) is 0. The van der Waals surface area contributed by atoms with Gasteiger partial charge >= 0.3 is 0 Å². The highest BCUT2D eigenvalue weighted by Crippen LogP contribution is 2.23. The van der Waals surface area contributed by atoms with Crippen LogP contribution in [-0.4, -0.2) is 28.9 Å². The van der Waals surface area contributed by atoms with Crippen molar-refractivity contribution in [1.82, 2.24) is 4.90 Å². The lowest BCUT2D eigenvalue weighted by Gasteiger charge is -2.32. The van der Waals surface area contributed by atoms with E-state index in [1.54, 1.807) is 17.0 Å². The molecule has 0 aromatic heterocycles. The minimum absolute atomic E-state index is 0.0305. The van der Waals surface area contributed by atoms with E-state index in [9.17, 15) is 9.18 Å². The molecule has 0 aliphatic carbocycles. The Balaban J connectivity index is 2.19. The van der Waals surface area contributed by atoms with Gasteiger partial charge in [0, 0.05) is 19.0 Å². The molecule has 1 saturated heterocycles. The Labute approximate surface area is 125 Å². The molecule has 1 aliphatic rings. The van der Waals surface area contributed by atoms with Crippen LogP contribution in [0, 0.1) is 11.7 Å². The minimum Gasteiger partial charge on any atom is -0.393 e. The Kier molecular flexibility index (Phi) is 4.52. The highest BCUT2D eigenvalue weighted by atomic mass is 79.9. The Morgan fingerprint density at radius 3 is 2.95 bits per heavy atom. The Hall–Kier alpha value is -1.01. The molecule has 1 atom stereocenters. The monoisotopic (exact) mass is 344 g/mol. The first kappa shape index (κ1) is 14.4. The van der Waals surface area contributed by atoms with E-state index in [1.807, 2.05) is 0 Å². The number of piperidine rings is 1. The fourth-order valence-corrected chi connectivity index (χ4v) is 2.79. The van der Waals surface area contributed by atoms with Crippen LogP contribution in [0.2, 0.25) is 0 Å². The van der Waals surface area contributed by atoms with Crippen molar-refractivity contribution in [3.8, 4) is 0 Å². The number of halogens is 2. The number of likely N-dealkylation sites (tertiary alicyclic amines) is 1. The van der Waals surface area contributed by atoms with E-state index < -0.39 is 5.82 Å². The molecule has 1 amide bonds. The van der Waals surface area contributed by atoms with Gasteiger partial charge in [0.1, 0.15) is 5.82 Å². The molecule has 1 aromatic carbocycles. The van der Waals surface area contributed by atoms with Gasteiger partial charge < -0.3 is 10.6 Å². The summed E-state index contributed by atoms with van der Waals surface area (Å²) >= 11 is 8.06. The van der Waals surface area contributed by atoms with Gasteiger partial charge in [-0.05, 0) is 40.9 Å². The van der Waals surface area contributed by atoms with Gasteiger partial charge in [0.05, 0.1) is 15.0 Å². The number of nitrogens with two attached hydrogens (primary N) is 1. The average molecular weight is 345 g/mol. The Morgan fingerprint density at radius 1 is 1.53 bits per heavy atom. The van der Waals surface area contributed by atoms with Crippen molar-refractivity contribution in [2.45, 2.75) is 12.8 Å². The second kappa shape index (κ2) is 5.96. The van der Waals surface area contributed by atoms with E-state index in [2.05, 4.69) is 15.9 Å². The third-order valence-corrected chi connectivity index (χ3v) is 4.24. The van der Waals surface area contributed by atoms with Gasteiger partial charge in [-0.15, -0.1) is 0 Å². The summed E-state index contributed by atoms with van der Waals surface area (Å²) in [6, 6.07) is 4.71. The molecule has 0 radical (unpaired) electrons. The normalized spacial score (nSPS) is 19.3. The summed E-state index contributed by atoms with van der Waals surface area (Å²) in [5.41, 5.74) is 5.72. The van der Waals surface area contributed by atoms with Gasteiger partial charge in [-0.3, -0.25) is 4.79 Å². The fourth-order valence-electron chi connectivity index (χ4n) is 2.23. The zero-order valence-electron chi connectivity index (χ0n) is 10.2. The van der Waals surface area contributed by atoms with Crippen molar-refractivity contribution in [1.29, 1.82) is 0 Å². The summed E-state index contributed by atoms with van der Waals surface area (Å²) in [7, 11) is 0. The molecule has 1 heterocycles. The zero-order chi connectivity index (χ0) is 14.0. The molecule has 1 aliphatic heterocycles. The second-order valence-electron chi connectivity index (χ2n) is 4.59. The number of carbonyl (C=O) groups is 1. The highest BCUT2D eigenvalue weighted by molar-refractivity contribution is 9.10. The van der Waals surface area contributed by atoms with Gasteiger partial charge in [-0.2, -0.15) is 0 Å². The molecule has 1 aromatic rings. The smallest absolute Gasteiger partial charge is 0.256 e. The number of thiocarbonyl (C=S) groups is 1. The molecule has 3 nitrogen and oxygen atoms in total. The van der Waals surface area contributed by atoms with Gasteiger partial charge in [-0.1, -0.05) is 18.3 Å². The summed E-state index contributed by atoms with van der Waals surface area (Å²) in [5.74, 6) is -0.799. The van der Waals surface area contributed by atoms with Crippen LogP contribution in [0.5, 0.6) is 0 Å². The maximum atomic E-state index is 13.9. The molecule has 19 heavy (non-hydrogen) atoms. The molecular formula is C13H14BrFN2OS. The lowest BCUT2D eigenvalue weighted by atomic mass is 9.97. The number of carbonyl (C=O) groups excluding carboxylic acids is 1. The largest absolute Gasteiger partial charge is 0.393 e. The maximum Gasteiger partial charge on any atom is 0.256 e. The second-order valence-corrected chi connectivity index (χ2v) is 5.92. The van der Waals surface area contributed by atoms with Crippen molar-refractivity contribution in [3.63, 3.8) is 0 Å². The van der Waals surface area contributed by atoms with Crippen LogP contribution >= 0.6 is 28.1 Å². The van der Waals surface area contributed by atoms with Gasteiger partial charge in [0.25, 0.3) is 5.91 Å². The molecule has 1 fully saturated rings. The molecule has 2 rings (SSSR count). The van der Waals surface area contributed by atoms with E-state index in [1.165, 1.54) is 6.07 Å². The summed E-state index contributed by atoms with van der Waals surface area (Å²) in [6.45, 7) is 1.09. The van der Waals surface area contributed by atoms with Crippen molar-refractivity contribution < 1.29 is 9.18 Å². The van der Waals surface area contributed by atoms with Crippen LogP contribution in [-0.2, 0) is 0 Å². The van der Waals surface area contributed by atoms with Crippen molar-refractivity contribution in [2.75, 3.05) is 13.1 Å². The SMILES string of the molecule is NC(=S)C1CCCN(C(=O)c2cccc(Br)c2F)C1. The zero-order valence-corrected chi connectivity index (χ0v) is 12.6. The van der Waals surface area contributed by atoms with Gasteiger partial charge in [-0.25, -0.2) is 4.39 Å². The van der Waals surface area contributed by atoms with E-state index in [-0.39, 0.29) is 17.4 Å². The summed E-state index contributed by atoms with van der Waals surface area (Å²) in [4.78, 5) is 14.4. The van der Waals surface area contributed by atoms with Gasteiger partial charge in [0.2, 0.25) is 0 Å². The Bertz CT molecular complexity index is 523. The summed E-state index contributed by atoms with van der Waals surface area (Å²) < 4.78 is 14.2. The lowest BCUT2D eigenvalue weighted by Crippen LogP contribution is -2.43. The van der Waals surface area contributed by atoms with E-state index in [0.717, 1.165) is 12.8 Å². The predicted octanol–water partition coefficient (Wildman–Crippen LogP) is 2.73. The van der Waals surface area contributed by atoms with Crippen LogP contribution in [0.15, 0.2) is 22.7 Å². The number of benzene rings is 1. The fraction of sp³-hybridized carbons (Fsp3) is 0.385. The molecule has 0 bridgehead atoms. The molecule has 1 unspecified atom stereocenters. The first-order valence-corrected chi connectivity index (χ1v) is 7.23. The van der Waals surface area contributed by atoms with Crippen molar-refractivity contribution in [2.24, 2.45) is 11.7 Å². The van der Waals surface area contributed by atoms with Crippen LogP contribution in [0.1, 0.15) is 23.2 Å². The lowest BCUT2D eigenvalue weighted by molar-refractivity contribution is 0.0698. The predicted molar refractivity (Wildman–Crippen MR) is 79.5 cm³/mol. The third kappa shape index (κ3) is 3.12. The quantitative estimate of drug-likeness (QED) is 0.839. The van der Waals surface area contributed by atoms with Crippen LogP contribution in [0.3, 0.4) is 0 Å². The van der Waals surface area contributed by atoms with Crippen LogP contribution < -0.4 is 5.73 Å². The number of nitrogens with zero attached hydrogens (tertiary/aromatic N) is 1. The average Bonchev–Trinajstić information content (AvgIpc) is 2.41. The number of hydrogen-bond acceptors (Lipinski definition) is 2. The number of amides is 1. The summed E-state index contributed by atoms with van der Waals surface area (Å²) in [6.07, 6.45) is 1.73. The van der Waals surface area contributed by atoms with E-state index in [4.69, 9.17) is 18.0 Å². The molecule has 102 valence electrons. The topological polar surface area (TPSA) is 46.3 Å². The minimum atomic E-state index is -0.523. The molecule has 0 spiro atoms. The number of rotatable bonds is 2. The standard InChI is InChI=1S/C13H14BrFN2OS/c14-10-5-1-4-9(11(10)15)13(18)17-6-2-3-8(7-17)12(16)19/h1,4-5,8H,2-3,6-7H2,(H2,16,19). The van der Waals surface area contributed by atoms with Gasteiger partial charge in [0.15, 0.2) is 0 Å². The van der Waals surface area contributed by atoms with E-state index >= 15 is 0 Å². The molecule has 6 heteroatoms. The van der Waals surface area contributed by atoms with Crippen LogP contribution in [0.4, 0.5) is 4.39 Å². The van der Waals surface area contributed by atoms with E-state index in [0.29, 0.717) is 22.6 Å². The molecular weight excluding hydrogens is 331 g/mol. The van der Waals surface area contributed by atoms with Crippen LogP contribution in [0.25, 0.3) is 0 Å². The van der Waals surface area contributed by atoms with Crippen molar-refractivity contribution in [3.05, 3.63) is 34.1 Å². The first-order chi connectivity index (χ1) is 9.00. The Morgan fingerprint density at radius 2 is 2.26 bits per heavy atom. The highest BCUT2D eigenvalue weighted by Gasteiger charge is 2.27. The molecule has 2 N–H and O–H groups in total.